The van der Waals surface area contributed by atoms with E-state index < -0.39 is 17.2 Å². The minimum Gasteiger partial charge on any atom is -0.390 e. The standard InChI is InChI=1S/C17H26N4O/c1-11(2)15(9-19)21-17(10-20)7-14(16(4,5)22)6-13(8-18)12(17)3/h11-15,21-22H,6-7H2,1-5H3/t12-,13+,14-,15+,17+/m1/s1. The average molecular weight is 302 g/mol. The van der Waals surface area contributed by atoms with Crippen LogP contribution in [0.4, 0.5) is 0 Å². The van der Waals surface area contributed by atoms with Gasteiger partial charge in [0.15, 0.2) is 0 Å². The summed E-state index contributed by atoms with van der Waals surface area (Å²) in [6.45, 7) is 9.17. The van der Waals surface area contributed by atoms with E-state index >= 15 is 0 Å². The smallest absolute Gasteiger partial charge is 0.111 e. The molecule has 120 valence electrons. The van der Waals surface area contributed by atoms with Gasteiger partial charge in [-0.15, -0.1) is 0 Å². The maximum atomic E-state index is 10.4. The van der Waals surface area contributed by atoms with Crippen molar-refractivity contribution in [3.63, 3.8) is 0 Å². The number of nitriles is 3. The molecule has 1 aliphatic rings. The average Bonchev–Trinajstić information content (AvgIpc) is 2.44. The molecule has 0 aromatic carbocycles. The first-order chi connectivity index (χ1) is 10.1. The SMILES string of the molecule is CC(C)[C@H](C#N)N[C@]1(C#N)C[C@H](C(C)(C)O)C[C@@H](C#N)[C@H]1C. The molecule has 0 amide bonds. The van der Waals surface area contributed by atoms with Crippen LogP contribution >= 0.6 is 0 Å². The molecule has 1 rings (SSSR count). The van der Waals surface area contributed by atoms with Gasteiger partial charge in [0.1, 0.15) is 5.54 Å². The lowest BCUT2D eigenvalue weighted by atomic mass is 9.61. The summed E-state index contributed by atoms with van der Waals surface area (Å²) in [4.78, 5) is 0. The molecule has 0 aromatic heterocycles. The number of nitrogens with zero attached hydrogens (tertiary/aromatic N) is 3. The van der Waals surface area contributed by atoms with E-state index in [1.54, 1.807) is 13.8 Å². The lowest BCUT2D eigenvalue weighted by Gasteiger charge is -2.48. The molecule has 0 saturated heterocycles. The molecule has 1 saturated carbocycles. The number of aliphatic hydroxyl groups is 1. The summed E-state index contributed by atoms with van der Waals surface area (Å²) in [5, 5.41) is 42.2. The summed E-state index contributed by atoms with van der Waals surface area (Å²) >= 11 is 0. The van der Waals surface area contributed by atoms with Gasteiger partial charge in [-0.05, 0) is 38.5 Å². The molecule has 1 aliphatic carbocycles. The van der Waals surface area contributed by atoms with Crippen LogP contribution in [0.15, 0.2) is 0 Å². The Kier molecular flexibility index (Phi) is 5.58. The normalized spacial score (nSPS) is 33.5. The van der Waals surface area contributed by atoms with Crippen LogP contribution < -0.4 is 5.32 Å². The molecule has 2 N–H and O–H groups in total. The second-order valence-electron chi connectivity index (χ2n) is 7.39. The van der Waals surface area contributed by atoms with Crippen LogP contribution in [0.2, 0.25) is 0 Å². The summed E-state index contributed by atoms with van der Waals surface area (Å²) in [7, 11) is 0. The molecule has 0 heterocycles. The molecule has 0 spiro atoms. The van der Waals surface area contributed by atoms with E-state index in [1.165, 1.54) is 0 Å². The Morgan fingerprint density at radius 2 is 1.86 bits per heavy atom. The van der Waals surface area contributed by atoms with Crippen LogP contribution in [0.25, 0.3) is 0 Å². The Morgan fingerprint density at radius 1 is 1.27 bits per heavy atom. The minimum atomic E-state index is -0.964. The number of rotatable bonds is 4. The summed E-state index contributed by atoms with van der Waals surface area (Å²) in [6, 6.07) is 6.36. The van der Waals surface area contributed by atoms with E-state index in [9.17, 15) is 20.9 Å². The van der Waals surface area contributed by atoms with Gasteiger partial charge in [0.2, 0.25) is 0 Å². The molecule has 5 heteroatoms. The number of nitrogens with one attached hydrogen (secondary N) is 1. The van der Waals surface area contributed by atoms with Crippen molar-refractivity contribution in [3.8, 4) is 18.2 Å². The van der Waals surface area contributed by atoms with Crippen molar-refractivity contribution in [2.75, 3.05) is 0 Å². The van der Waals surface area contributed by atoms with Crippen LogP contribution in [0.5, 0.6) is 0 Å². The van der Waals surface area contributed by atoms with Crippen LogP contribution in [-0.2, 0) is 0 Å². The van der Waals surface area contributed by atoms with Crippen LogP contribution in [0.3, 0.4) is 0 Å². The Hall–Kier alpha value is -1.61. The van der Waals surface area contributed by atoms with E-state index in [0.717, 1.165) is 0 Å². The summed E-state index contributed by atoms with van der Waals surface area (Å²) in [6.07, 6.45) is 1.02. The van der Waals surface area contributed by atoms with Gasteiger partial charge in [0.05, 0.1) is 35.8 Å². The molecule has 5 atom stereocenters. The molecule has 0 unspecified atom stereocenters. The third kappa shape index (κ3) is 3.58. The Morgan fingerprint density at radius 3 is 2.23 bits per heavy atom. The van der Waals surface area contributed by atoms with Gasteiger partial charge >= 0.3 is 0 Å². The zero-order valence-corrected chi connectivity index (χ0v) is 14.1. The van der Waals surface area contributed by atoms with Gasteiger partial charge in [-0.1, -0.05) is 20.8 Å². The van der Waals surface area contributed by atoms with Crippen molar-refractivity contribution >= 4 is 0 Å². The lowest BCUT2D eigenvalue weighted by Crippen LogP contribution is -2.61. The summed E-state index contributed by atoms with van der Waals surface area (Å²) in [5.74, 6) is -0.614. The van der Waals surface area contributed by atoms with Crippen molar-refractivity contribution in [1.29, 1.82) is 15.8 Å². The van der Waals surface area contributed by atoms with Crippen molar-refractivity contribution in [2.45, 2.75) is 64.6 Å². The Bertz CT molecular complexity index is 517. The van der Waals surface area contributed by atoms with Crippen molar-refractivity contribution in [2.24, 2.45) is 23.7 Å². The maximum absolute atomic E-state index is 10.4. The molecule has 1 fully saturated rings. The second kappa shape index (κ2) is 6.66. The third-order valence-corrected chi connectivity index (χ3v) is 5.07. The summed E-state index contributed by atoms with van der Waals surface area (Å²) < 4.78 is 0. The minimum absolute atomic E-state index is 0.0606. The fraction of sp³-hybridized carbons (Fsp3) is 0.824. The van der Waals surface area contributed by atoms with E-state index in [-0.39, 0.29) is 23.7 Å². The first-order valence-corrected chi connectivity index (χ1v) is 7.81. The highest BCUT2D eigenvalue weighted by atomic mass is 16.3. The van der Waals surface area contributed by atoms with E-state index in [0.29, 0.717) is 12.8 Å². The lowest BCUT2D eigenvalue weighted by molar-refractivity contribution is -0.0344. The zero-order chi connectivity index (χ0) is 17.1. The fourth-order valence-electron chi connectivity index (χ4n) is 3.21. The molecule has 0 radical (unpaired) electrons. The Balaban J connectivity index is 3.21. The summed E-state index contributed by atoms with van der Waals surface area (Å²) in [5.41, 5.74) is -1.92. The van der Waals surface area contributed by atoms with Crippen LogP contribution in [0, 0.1) is 57.7 Å². The molecule has 0 aromatic rings. The molecular weight excluding hydrogens is 276 g/mol. The van der Waals surface area contributed by atoms with Crippen molar-refractivity contribution in [3.05, 3.63) is 0 Å². The maximum Gasteiger partial charge on any atom is 0.111 e. The monoisotopic (exact) mass is 302 g/mol. The van der Waals surface area contributed by atoms with Gasteiger partial charge in [0.25, 0.3) is 0 Å². The molecule has 0 bridgehead atoms. The second-order valence-corrected chi connectivity index (χ2v) is 7.39. The highest BCUT2D eigenvalue weighted by Gasteiger charge is 2.51. The molecule has 0 aliphatic heterocycles. The van der Waals surface area contributed by atoms with Gasteiger partial charge in [0, 0.05) is 5.92 Å². The van der Waals surface area contributed by atoms with Crippen molar-refractivity contribution < 1.29 is 5.11 Å². The van der Waals surface area contributed by atoms with Crippen LogP contribution in [-0.4, -0.2) is 22.3 Å². The quantitative estimate of drug-likeness (QED) is 0.829. The highest BCUT2D eigenvalue weighted by Crippen LogP contribution is 2.44. The zero-order valence-electron chi connectivity index (χ0n) is 14.1. The highest BCUT2D eigenvalue weighted by molar-refractivity contribution is 5.20. The van der Waals surface area contributed by atoms with Crippen molar-refractivity contribution in [1.82, 2.24) is 5.32 Å². The van der Waals surface area contributed by atoms with Gasteiger partial charge in [-0.25, -0.2) is 0 Å². The molecular formula is C17H26N4O. The largest absolute Gasteiger partial charge is 0.390 e. The predicted octanol–water partition coefficient (Wildman–Crippen LogP) is 2.34. The molecule has 22 heavy (non-hydrogen) atoms. The van der Waals surface area contributed by atoms with E-state index in [4.69, 9.17) is 0 Å². The van der Waals surface area contributed by atoms with E-state index in [2.05, 4.69) is 23.5 Å². The molecule has 5 nitrogen and oxygen atoms in total. The first kappa shape index (κ1) is 18.4. The van der Waals surface area contributed by atoms with E-state index in [1.807, 2.05) is 20.8 Å². The van der Waals surface area contributed by atoms with Gasteiger partial charge < -0.3 is 5.11 Å². The number of hydrogen-bond donors (Lipinski definition) is 2. The van der Waals surface area contributed by atoms with Gasteiger partial charge in [-0.2, -0.15) is 15.8 Å². The van der Waals surface area contributed by atoms with Crippen LogP contribution in [0.1, 0.15) is 47.5 Å². The first-order valence-electron chi connectivity index (χ1n) is 7.81. The number of hydrogen-bond acceptors (Lipinski definition) is 5. The Labute approximate surface area is 133 Å². The topological polar surface area (TPSA) is 104 Å². The fourth-order valence-corrected chi connectivity index (χ4v) is 3.21. The third-order valence-electron chi connectivity index (χ3n) is 5.07. The van der Waals surface area contributed by atoms with Gasteiger partial charge in [-0.3, -0.25) is 5.32 Å². The predicted molar refractivity (Wildman–Crippen MR) is 83.0 cm³/mol.